The Hall–Kier alpha value is -3.81. The number of nitrogens with zero attached hydrogens (tertiary/aromatic N) is 3. The van der Waals surface area contributed by atoms with Crippen molar-refractivity contribution in [2.75, 3.05) is 0 Å². The van der Waals surface area contributed by atoms with Gasteiger partial charge < -0.3 is 4.42 Å². The van der Waals surface area contributed by atoms with Crippen molar-refractivity contribution in [3.05, 3.63) is 81.4 Å². The quantitative estimate of drug-likeness (QED) is 0.422. The number of furan rings is 1. The number of hydrogen-bond donors (Lipinski definition) is 1. The SMILES string of the molecule is Cc1cc([N+](=O)[O-])c(C)cc1-c1ccc(/C=N/NC(=O)c2cccnc2)o1. The Balaban J connectivity index is 1.74. The molecule has 1 aromatic carbocycles. The Labute approximate surface area is 154 Å². The summed E-state index contributed by atoms with van der Waals surface area (Å²) in [7, 11) is 0. The topological polar surface area (TPSA) is 111 Å². The molecule has 8 nitrogen and oxygen atoms in total. The highest BCUT2D eigenvalue weighted by atomic mass is 16.6. The number of pyridine rings is 1. The summed E-state index contributed by atoms with van der Waals surface area (Å²) in [6.45, 7) is 3.46. The summed E-state index contributed by atoms with van der Waals surface area (Å²) in [6, 6.07) is 9.98. The monoisotopic (exact) mass is 364 g/mol. The zero-order chi connectivity index (χ0) is 19.4. The van der Waals surface area contributed by atoms with E-state index in [1.165, 1.54) is 18.5 Å². The van der Waals surface area contributed by atoms with Crippen molar-refractivity contribution in [3.63, 3.8) is 0 Å². The summed E-state index contributed by atoms with van der Waals surface area (Å²) in [5.74, 6) is 0.616. The van der Waals surface area contributed by atoms with E-state index in [0.29, 0.717) is 22.6 Å². The standard InChI is InChI=1S/C19H16N4O4/c1-12-9-17(23(25)26)13(2)8-16(12)18-6-5-15(27-18)11-21-22-19(24)14-4-3-7-20-10-14/h3-11H,1-2H3,(H,22,24)/b21-11+. The van der Waals surface area contributed by atoms with Crippen LogP contribution in [0.25, 0.3) is 11.3 Å². The van der Waals surface area contributed by atoms with E-state index in [4.69, 9.17) is 4.42 Å². The van der Waals surface area contributed by atoms with Gasteiger partial charge in [-0.15, -0.1) is 0 Å². The van der Waals surface area contributed by atoms with E-state index >= 15 is 0 Å². The van der Waals surface area contributed by atoms with E-state index in [0.717, 1.165) is 11.1 Å². The van der Waals surface area contributed by atoms with Crippen LogP contribution in [-0.4, -0.2) is 22.0 Å². The summed E-state index contributed by atoms with van der Waals surface area (Å²) in [5, 5.41) is 14.9. The van der Waals surface area contributed by atoms with Gasteiger partial charge in [-0.25, -0.2) is 5.43 Å². The molecule has 2 aromatic heterocycles. The van der Waals surface area contributed by atoms with Gasteiger partial charge in [-0.1, -0.05) is 0 Å². The second-order valence-corrected chi connectivity index (χ2v) is 5.85. The summed E-state index contributed by atoms with van der Waals surface area (Å²) < 4.78 is 5.71. The molecule has 0 radical (unpaired) electrons. The van der Waals surface area contributed by atoms with Crippen molar-refractivity contribution < 1.29 is 14.1 Å². The number of aryl methyl sites for hydroxylation is 2. The third-order valence-corrected chi connectivity index (χ3v) is 3.91. The Morgan fingerprint density at radius 3 is 2.78 bits per heavy atom. The van der Waals surface area contributed by atoms with Crippen LogP contribution in [0.15, 0.2) is 58.3 Å². The molecule has 1 amide bonds. The summed E-state index contributed by atoms with van der Waals surface area (Å²) in [5.41, 5.74) is 4.90. The lowest BCUT2D eigenvalue weighted by molar-refractivity contribution is -0.385. The predicted molar refractivity (Wildman–Crippen MR) is 99.6 cm³/mol. The van der Waals surface area contributed by atoms with Crippen LogP contribution in [0.1, 0.15) is 27.2 Å². The van der Waals surface area contributed by atoms with Crippen LogP contribution in [0.3, 0.4) is 0 Å². The predicted octanol–water partition coefficient (Wildman–Crippen LogP) is 3.63. The van der Waals surface area contributed by atoms with Crippen LogP contribution in [-0.2, 0) is 0 Å². The average molecular weight is 364 g/mol. The summed E-state index contributed by atoms with van der Waals surface area (Å²) in [6.07, 6.45) is 4.40. The first kappa shape index (κ1) is 18.0. The number of nitro groups is 1. The van der Waals surface area contributed by atoms with Crippen LogP contribution in [0.5, 0.6) is 0 Å². The lowest BCUT2D eigenvalue weighted by Crippen LogP contribution is -2.17. The van der Waals surface area contributed by atoms with Crippen molar-refractivity contribution >= 4 is 17.8 Å². The maximum Gasteiger partial charge on any atom is 0.272 e. The molecule has 27 heavy (non-hydrogen) atoms. The number of hydrogen-bond acceptors (Lipinski definition) is 6. The van der Waals surface area contributed by atoms with Crippen LogP contribution in [0.4, 0.5) is 5.69 Å². The second-order valence-electron chi connectivity index (χ2n) is 5.85. The van der Waals surface area contributed by atoms with Crippen molar-refractivity contribution in [1.82, 2.24) is 10.4 Å². The molecule has 0 aliphatic heterocycles. The van der Waals surface area contributed by atoms with Crippen LogP contribution < -0.4 is 5.43 Å². The van der Waals surface area contributed by atoms with Gasteiger partial charge in [-0.2, -0.15) is 5.10 Å². The number of amides is 1. The molecular weight excluding hydrogens is 348 g/mol. The van der Waals surface area contributed by atoms with E-state index in [9.17, 15) is 14.9 Å². The summed E-state index contributed by atoms with van der Waals surface area (Å²) >= 11 is 0. The molecule has 0 aliphatic rings. The molecule has 0 saturated heterocycles. The zero-order valence-corrected chi connectivity index (χ0v) is 14.7. The number of nitrogens with one attached hydrogen (secondary N) is 1. The minimum absolute atomic E-state index is 0.0720. The number of nitro benzene ring substituents is 1. The number of aromatic nitrogens is 1. The third-order valence-electron chi connectivity index (χ3n) is 3.91. The molecule has 3 aromatic rings. The Kier molecular flexibility index (Phi) is 5.07. The lowest BCUT2D eigenvalue weighted by atomic mass is 10.0. The van der Waals surface area contributed by atoms with Crippen LogP contribution >= 0.6 is 0 Å². The molecule has 0 bridgehead atoms. The molecule has 1 N–H and O–H groups in total. The van der Waals surface area contributed by atoms with Gasteiger partial charge >= 0.3 is 0 Å². The van der Waals surface area contributed by atoms with Crippen molar-refractivity contribution in [2.45, 2.75) is 13.8 Å². The smallest absolute Gasteiger partial charge is 0.272 e. The Morgan fingerprint density at radius 2 is 2.07 bits per heavy atom. The fourth-order valence-electron chi connectivity index (χ4n) is 2.55. The zero-order valence-electron chi connectivity index (χ0n) is 14.7. The fraction of sp³-hybridized carbons (Fsp3) is 0.105. The molecular formula is C19H16N4O4. The number of carbonyl (C=O) groups excluding carboxylic acids is 1. The molecule has 3 rings (SSSR count). The highest BCUT2D eigenvalue weighted by Gasteiger charge is 2.16. The maximum absolute atomic E-state index is 11.9. The normalized spacial score (nSPS) is 10.9. The molecule has 136 valence electrons. The number of rotatable bonds is 5. The van der Waals surface area contributed by atoms with Gasteiger partial charge in [0.1, 0.15) is 11.5 Å². The first-order valence-corrected chi connectivity index (χ1v) is 8.05. The molecule has 8 heteroatoms. The minimum Gasteiger partial charge on any atom is -0.455 e. The fourth-order valence-corrected chi connectivity index (χ4v) is 2.55. The van der Waals surface area contributed by atoms with Crippen molar-refractivity contribution in [1.29, 1.82) is 0 Å². The van der Waals surface area contributed by atoms with E-state index in [1.807, 2.05) is 0 Å². The summed E-state index contributed by atoms with van der Waals surface area (Å²) in [4.78, 5) is 26.4. The van der Waals surface area contributed by atoms with Gasteiger partial charge in [0.25, 0.3) is 11.6 Å². The van der Waals surface area contributed by atoms with Gasteiger partial charge in [-0.3, -0.25) is 19.9 Å². The first-order chi connectivity index (χ1) is 13.0. The second kappa shape index (κ2) is 7.61. The van der Waals surface area contributed by atoms with Crippen molar-refractivity contribution in [2.24, 2.45) is 5.10 Å². The van der Waals surface area contributed by atoms with Crippen LogP contribution in [0.2, 0.25) is 0 Å². The molecule has 0 saturated carbocycles. The minimum atomic E-state index is -0.405. The van der Waals surface area contributed by atoms with Crippen molar-refractivity contribution in [3.8, 4) is 11.3 Å². The molecule has 0 unspecified atom stereocenters. The molecule has 0 aliphatic carbocycles. The van der Waals surface area contributed by atoms with Gasteiger partial charge in [-0.05, 0) is 49.7 Å². The largest absolute Gasteiger partial charge is 0.455 e. The molecule has 0 fully saturated rings. The van der Waals surface area contributed by atoms with Crippen LogP contribution in [0, 0.1) is 24.0 Å². The highest BCUT2D eigenvalue weighted by molar-refractivity contribution is 5.94. The Bertz CT molecular complexity index is 1030. The number of carbonyl (C=O) groups is 1. The van der Waals surface area contributed by atoms with E-state index in [2.05, 4.69) is 15.5 Å². The van der Waals surface area contributed by atoms with Gasteiger partial charge in [0.2, 0.25) is 0 Å². The number of benzene rings is 1. The molecule has 0 atom stereocenters. The van der Waals surface area contributed by atoms with Gasteiger partial charge in [0, 0.05) is 29.6 Å². The first-order valence-electron chi connectivity index (χ1n) is 8.05. The molecule has 2 heterocycles. The maximum atomic E-state index is 11.9. The highest BCUT2D eigenvalue weighted by Crippen LogP contribution is 2.30. The third kappa shape index (κ3) is 4.06. The average Bonchev–Trinajstić information content (AvgIpc) is 3.12. The van der Waals surface area contributed by atoms with Gasteiger partial charge in [0.15, 0.2) is 0 Å². The molecule has 0 spiro atoms. The lowest BCUT2D eigenvalue weighted by Gasteiger charge is -2.05. The Morgan fingerprint density at radius 1 is 1.26 bits per heavy atom. The van der Waals surface area contributed by atoms with E-state index < -0.39 is 4.92 Å². The van der Waals surface area contributed by atoms with E-state index in [1.54, 1.807) is 50.4 Å². The number of hydrazone groups is 1. The van der Waals surface area contributed by atoms with Gasteiger partial charge in [0.05, 0.1) is 16.7 Å². The van der Waals surface area contributed by atoms with E-state index in [-0.39, 0.29) is 11.6 Å².